The fourth-order valence-corrected chi connectivity index (χ4v) is 4.23. The predicted molar refractivity (Wildman–Crippen MR) is 90.3 cm³/mol. The minimum absolute atomic E-state index is 0.145. The molecule has 0 radical (unpaired) electrons. The molecule has 0 aromatic heterocycles. The highest BCUT2D eigenvalue weighted by Crippen LogP contribution is 2.51. The first-order chi connectivity index (χ1) is 12.7. The van der Waals surface area contributed by atoms with E-state index in [0.29, 0.717) is 24.1 Å². The SMILES string of the molecule is FC(F)(F)Oc1cccc(C2c3c(ccc4c3CCNCC4)CC2(F)F)c1. The number of ether oxygens (including phenoxy) is 1. The Morgan fingerprint density at radius 2 is 1.74 bits per heavy atom. The summed E-state index contributed by atoms with van der Waals surface area (Å²) in [7, 11) is 0. The van der Waals surface area contributed by atoms with E-state index in [9.17, 15) is 22.0 Å². The van der Waals surface area contributed by atoms with Crippen molar-refractivity contribution in [2.45, 2.75) is 37.5 Å². The lowest BCUT2D eigenvalue weighted by atomic mass is 9.85. The number of rotatable bonds is 2. The third kappa shape index (κ3) is 3.52. The average molecular weight is 383 g/mol. The summed E-state index contributed by atoms with van der Waals surface area (Å²) < 4.78 is 71.4. The van der Waals surface area contributed by atoms with E-state index in [1.165, 1.54) is 12.1 Å². The molecule has 7 heteroatoms. The van der Waals surface area contributed by atoms with Gasteiger partial charge >= 0.3 is 6.36 Å². The first kappa shape index (κ1) is 18.2. The monoisotopic (exact) mass is 383 g/mol. The lowest BCUT2D eigenvalue weighted by molar-refractivity contribution is -0.274. The Morgan fingerprint density at radius 3 is 2.52 bits per heavy atom. The normalized spacial score (nSPS) is 21.3. The van der Waals surface area contributed by atoms with Crippen LogP contribution in [0.4, 0.5) is 22.0 Å². The van der Waals surface area contributed by atoms with Gasteiger partial charge in [0.15, 0.2) is 0 Å². The van der Waals surface area contributed by atoms with Crippen molar-refractivity contribution in [3.05, 3.63) is 64.2 Å². The van der Waals surface area contributed by atoms with Gasteiger partial charge in [0.2, 0.25) is 0 Å². The first-order valence-corrected chi connectivity index (χ1v) is 8.82. The van der Waals surface area contributed by atoms with Gasteiger partial charge in [0.05, 0.1) is 5.92 Å². The Bertz CT molecular complexity index is 862. The molecule has 2 nitrogen and oxygen atoms in total. The molecule has 1 atom stereocenters. The molecule has 0 saturated carbocycles. The van der Waals surface area contributed by atoms with E-state index >= 15 is 0 Å². The van der Waals surface area contributed by atoms with Gasteiger partial charge in [-0.3, -0.25) is 0 Å². The number of hydrogen-bond donors (Lipinski definition) is 1. The molecular weight excluding hydrogens is 365 g/mol. The Hall–Kier alpha value is -2.15. The summed E-state index contributed by atoms with van der Waals surface area (Å²) in [5.41, 5.74) is 3.23. The first-order valence-electron chi connectivity index (χ1n) is 8.82. The van der Waals surface area contributed by atoms with Crippen LogP contribution in [-0.2, 0) is 19.3 Å². The third-order valence-corrected chi connectivity index (χ3v) is 5.23. The number of benzene rings is 2. The molecule has 2 aromatic rings. The zero-order valence-corrected chi connectivity index (χ0v) is 14.4. The molecule has 1 heterocycles. The van der Waals surface area contributed by atoms with Crippen LogP contribution in [0.15, 0.2) is 36.4 Å². The smallest absolute Gasteiger partial charge is 0.406 e. The van der Waals surface area contributed by atoms with Crippen molar-refractivity contribution < 1.29 is 26.7 Å². The number of halogens is 5. The summed E-state index contributed by atoms with van der Waals surface area (Å²) in [4.78, 5) is 0. The van der Waals surface area contributed by atoms with Crippen LogP contribution in [0.25, 0.3) is 0 Å². The van der Waals surface area contributed by atoms with Crippen molar-refractivity contribution in [2.75, 3.05) is 13.1 Å². The van der Waals surface area contributed by atoms with E-state index < -0.39 is 30.4 Å². The second-order valence-electron chi connectivity index (χ2n) is 7.02. The summed E-state index contributed by atoms with van der Waals surface area (Å²) in [6.07, 6.45) is -3.89. The summed E-state index contributed by atoms with van der Waals surface area (Å²) in [5, 5.41) is 3.26. The van der Waals surface area contributed by atoms with E-state index in [0.717, 1.165) is 36.2 Å². The van der Waals surface area contributed by atoms with Gasteiger partial charge in [-0.25, -0.2) is 8.78 Å². The molecule has 0 spiro atoms. The fraction of sp³-hybridized carbons (Fsp3) is 0.400. The Labute approximate surface area is 153 Å². The molecule has 144 valence electrons. The van der Waals surface area contributed by atoms with Crippen molar-refractivity contribution >= 4 is 0 Å². The van der Waals surface area contributed by atoms with Gasteiger partial charge in [-0.1, -0.05) is 24.3 Å². The molecule has 1 N–H and O–H groups in total. The number of fused-ring (bicyclic) bond motifs is 3. The van der Waals surface area contributed by atoms with E-state index in [1.807, 2.05) is 6.07 Å². The second-order valence-corrected chi connectivity index (χ2v) is 7.02. The number of hydrogen-bond acceptors (Lipinski definition) is 2. The van der Waals surface area contributed by atoms with Crippen molar-refractivity contribution in [3.63, 3.8) is 0 Å². The summed E-state index contributed by atoms with van der Waals surface area (Å²) in [6, 6.07) is 8.63. The Kier molecular flexibility index (Phi) is 4.37. The highest BCUT2D eigenvalue weighted by molar-refractivity contribution is 5.54. The van der Waals surface area contributed by atoms with E-state index in [1.54, 1.807) is 6.07 Å². The maximum atomic E-state index is 14.9. The third-order valence-electron chi connectivity index (χ3n) is 5.23. The predicted octanol–water partition coefficient (Wildman–Crippen LogP) is 4.60. The molecule has 0 bridgehead atoms. The maximum Gasteiger partial charge on any atom is 0.573 e. The summed E-state index contributed by atoms with van der Waals surface area (Å²) in [6.45, 7) is 1.47. The average Bonchev–Trinajstić information content (AvgIpc) is 2.70. The lowest BCUT2D eigenvalue weighted by Gasteiger charge is -2.23. The van der Waals surface area contributed by atoms with E-state index in [-0.39, 0.29) is 5.56 Å². The van der Waals surface area contributed by atoms with Gasteiger partial charge in [-0.2, -0.15) is 0 Å². The molecule has 0 fully saturated rings. The molecule has 0 amide bonds. The van der Waals surface area contributed by atoms with E-state index in [2.05, 4.69) is 10.1 Å². The second kappa shape index (κ2) is 6.48. The molecule has 1 aliphatic carbocycles. The molecule has 4 rings (SSSR count). The molecule has 1 unspecified atom stereocenters. The van der Waals surface area contributed by atoms with Crippen molar-refractivity contribution in [1.82, 2.24) is 5.32 Å². The standard InChI is InChI=1S/C20H18F5NO/c21-19(22)11-14-5-4-12-6-8-26-9-7-16(12)17(14)18(19)13-2-1-3-15(10-13)27-20(23,24)25/h1-5,10,18,26H,6-9,11H2. The van der Waals surface area contributed by atoms with Gasteiger partial charge in [0, 0.05) is 6.42 Å². The molecule has 0 saturated heterocycles. The highest BCUT2D eigenvalue weighted by atomic mass is 19.4. The molecule has 2 aliphatic rings. The van der Waals surface area contributed by atoms with Gasteiger partial charge < -0.3 is 10.1 Å². The maximum absolute atomic E-state index is 14.9. The van der Waals surface area contributed by atoms with Crippen LogP contribution in [-0.4, -0.2) is 25.4 Å². The quantitative estimate of drug-likeness (QED) is 0.766. The van der Waals surface area contributed by atoms with Gasteiger partial charge in [-0.15, -0.1) is 13.2 Å². The molecular formula is C20H18F5NO. The largest absolute Gasteiger partial charge is 0.573 e. The van der Waals surface area contributed by atoms with Crippen LogP contribution < -0.4 is 10.1 Å². The van der Waals surface area contributed by atoms with Crippen LogP contribution >= 0.6 is 0 Å². The van der Waals surface area contributed by atoms with Crippen molar-refractivity contribution in [2.24, 2.45) is 0 Å². The zero-order chi connectivity index (χ0) is 19.2. The van der Waals surface area contributed by atoms with Crippen LogP contribution in [0.1, 0.15) is 33.7 Å². The Balaban J connectivity index is 1.81. The van der Waals surface area contributed by atoms with Crippen LogP contribution in [0, 0.1) is 0 Å². The highest BCUT2D eigenvalue weighted by Gasteiger charge is 2.49. The van der Waals surface area contributed by atoms with E-state index in [4.69, 9.17) is 0 Å². The zero-order valence-electron chi connectivity index (χ0n) is 14.4. The number of nitrogens with one attached hydrogen (secondary N) is 1. The van der Waals surface area contributed by atoms with Crippen LogP contribution in [0.2, 0.25) is 0 Å². The van der Waals surface area contributed by atoms with Gasteiger partial charge in [-0.05, 0) is 65.9 Å². The van der Waals surface area contributed by atoms with Crippen molar-refractivity contribution in [1.29, 1.82) is 0 Å². The number of alkyl halides is 5. The summed E-state index contributed by atoms with van der Waals surface area (Å²) in [5.74, 6) is -4.81. The topological polar surface area (TPSA) is 21.3 Å². The van der Waals surface area contributed by atoms with Crippen LogP contribution in [0.5, 0.6) is 5.75 Å². The molecule has 27 heavy (non-hydrogen) atoms. The molecule has 1 aliphatic heterocycles. The van der Waals surface area contributed by atoms with Crippen molar-refractivity contribution in [3.8, 4) is 5.75 Å². The minimum Gasteiger partial charge on any atom is -0.406 e. The van der Waals surface area contributed by atoms with Gasteiger partial charge in [0.25, 0.3) is 5.92 Å². The molecule has 2 aromatic carbocycles. The van der Waals surface area contributed by atoms with Crippen LogP contribution in [0.3, 0.4) is 0 Å². The Morgan fingerprint density at radius 1 is 1.00 bits per heavy atom. The lowest BCUT2D eigenvalue weighted by Crippen LogP contribution is -2.24. The fourth-order valence-electron chi connectivity index (χ4n) is 4.23. The minimum atomic E-state index is -4.86. The summed E-state index contributed by atoms with van der Waals surface area (Å²) >= 11 is 0. The van der Waals surface area contributed by atoms with Gasteiger partial charge in [0.1, 0.15) is 5.75 Å².